The number of hydrogen-bond acceptors (Lipinski definition) is 6. The minimum absolute atomic E-state index is 0.0854. The normalized spacial score (nSPS) is 19.9. The monoisotopic (exact) mass is 409 g/mol. The summed E-state index contributed by atoms with van der Waals surface area (Å²) < 4.78 is 6.16. The van der Waals surface area contributed by atoms with Gasteiger partial charge < -0.3 is 15.0 Å². The van der Waals surface area contributed by atoms with E-state index in [2.05, 4.69) is 47.1 Å². The molecular formula is C20H33N4OS2+. The first-order valence-electron chi connectivity index (χ1n) is 9.97. The topological polar surface area (TPSA) is 51.5 Å². The van der Waals surface area contributed by atoms with Crippen molar-refractivity contribution in [3.05, 3.63) is 10.4 Å². The van der Waals surface area contributed by atoms with Gasteiger partial charge in [-0.25, -0.2) is 9.97 Å². The molecule has 0 spiro atoms. The number of quaternary nitrogens is 1. The summed E-state index contributed by atoms with van der Waals surface area (Å²) in [7, 11) is 4.39. The van der Waals surface area contributed by atoms with Crippen LogP contribution in [-0.2, 0) is 17.8 Å². The van der Waals surface area contributed by atoms with Crippen LogP contribution < -0.4 is 10.2 Å². The lowest BCUT2D eigenvalue weighted by Gasteiger charge is -2.33. The molecule has 27 heavy (non-hydrogen) atoms. The van der Waals surface area contributed by atoms with Crippen molar-refractivity contribution in [3.63, 3.8) is 0 Å². The highest BCUT2D eigenvalue weighted by Crippen LogP contribution is 2.42. The summed E-state index contributed by atoms with van der Waals surface area (Å²) in [6, 6.07) is 0. The lowest BCUT2D eigenvalue weighted by atomic mass is 9.90. The highest BCUT2D eigenvalue weighted by Gasteiger charge is 2.33. The van der Waals surface area contributed by atoms with Crippen LogP contribution >= 0.6 is 23.1 Å². The minimum Gasteiger partial charge on any atom is -0.369 e. The Labute approximate surface area is 171 Å². The molecule has 0 amide bonds. The van der Waals surface area contributed by atoms with Gasteiger partial charge in [-0.3, -0.25) is 0 Å². The van der Waals surface area contributed by atoms with Crippen LogP contribution in [0.25, 0.3) is 10.2 Å². The molecule has 0 bridgehead atoms. The number of ether oxygens (including phenoxy) is 1. The predicted molar refractivity (Wildman–Crippen MR) is 116 cm³/mol. The Morgan fingerprint density at radius 2 is 2.11 bits per heavy atom. The molecule has 2 N–H and O–H groups in total. The Balaban J connectivity index is 1.97. The van der Waals surface area contributed by atoms with Crippen LogP contribution in [-0.4, -0.2) is 48.0 Å². The Morgan fingerprint density at radius 3 is 2.78 bits per heavy atom. The fraction of sp³-hybridized carbons (Fsp3) is 0.700. The van der Waals surface area contributed by atoms with Gasteiger partial charge in [-0.05, 0) is 18.9 Å². The standard InChI is InChI=1S/C20H32N4OS2/c1-7-20(4)11-14-15(12-25-20)27-18-16(14)17(21-9-8-10-24(5)6)22-19(23-18)26-13(2)3/h13H,7-12H2,1-6H3,(H,21,22,23)/p+1/t20-/m1/s1. The fourth-order valence-corrected chi connectivity index (χ4v) is 5.19. The molecule has 0 radical (unpaired) electrons. The number of thiophene rings is 1. The second-order valence-electron chi connectivity index (χ2n) is 8.21. The van der Waals surface area contributed by atoms with Crippen LogP contribution in [0.4, 0.5) is 5.82 Å². The van der Waals surface area contributed by atoms with Gasteiger partial charge in [0.2, 0.25) is 0 Å². The molecule has 3 heterocycles. The summed E-state index contributed by atoms with van der Waals surface area (Å²) in [6.45, 7) is 11.6. The molecule has 2 aromatic heterocycles. The lowest BCUT2D eigenvalue weighted by Crippen LogP contribution is -3.05. The molecule has 0 aromatic carbocycles. The number of hydrogen-bond donors (Lipinski definition) is 2. The van der Waals surface area contributed by atoms with E-state index in [0.29, 0.717) is 11.9 Å². The molecular weight excluding hydrogens is 376 g/mol. The highest BCUT2D eigenvalue weighted by atomic mass is 32.2. The summed E-state index contributed by atoms with van der Waals surface area (Å²) in [5.74, 6) is 1.01. The molecule has 150 valence electrons. The van der Waals surface area contributed by atoms with Gasteiger partial charge in [0.15, 0.2) is 5.16 Å². The number of aromatic nitrogens is 2. The molecule has 0 saturated carbocycles. The maximum absolute atomic E-state index is 6.16. The molecule has 5 nitrogen and oxygen atoms in total. The van der Waals surface area contributed by atoms with E-state index in [1.165, 1.54) is 20.7 Å². The van der Waals surface area contributed by atoms with Crippen LogP contribution in [0.1, 0.15) is 51.0 Å². The predicted octanol–water partition coefficient (Wildman–Crippen LogP) is 3.38. The van der Waals surface area contributed by atoms with E-state index in [0.717, 1.165) is 48.2 Å². The van der Waals surface area contributed by atoms with Crippen LogP contribution in [0.5, 0.6) is 0 Å². The number of nitrogens with one attached hydrogen (secondary N) is 2. The Bertz CT molecular complexity index is 790. The molecule has 0 fully saturated rings. The Kier molecular flexibility index (Phi) is 6.66. The maximum Gasteiger partial charge on any atom is 0.191 e. The van der Waals surface area contributed by atoms with Gasteiger partial charge in [0.25, 0.3) is 0 Å². The molecule has 1 aliphatic heterocycles. The van der Waals surface area contributed by atoms with Crippen molar-refractivity contribution in [2.24, 2.45) is 0 Å². The third-order valence-electron chi connectivity index (χ3n) is 5.05. The maximum atomic E-state index is 6.16. The summed E-state index contributed by atoms with van der Waals surface area (Å²) in [4.78, 5) is 13.7. The molecule has 7 heteroatoms. The van der Waals surface area contributed by atoms with Crippen LogP contribution in [0.2, 0.25) is 0 Å². The van der Waals surface area contributed by atoms with Crippen molar-refractivity contribution < 1.29 is 9.64 Å². The van der Waals surface area contributed by atoms with Gasteiger partial charge in [0, 0.05) is 29.5 Å². The molecule has 0 saturated heterocycles. The average molecular weight is 410 g/mol. The Morgan fingerprint density at radius 1 is 1.33 bits per heavy atom. The highest BCUT2D eigenvalue weighted by molar-refractivity contribution is 7.99. The Hall–Kier alpha value is -0.890. The van der Waals surface area contributed by atoms with E-state index in [4.69, 9.17) is 14.7 Å². The molecule has 0 aliphatic carbocycles. The largest absolute Gasteiger partial charge is 0.369 e. The molecule has 2 aromatic rings. The van der Waals surface area contributed by atoms with Gasteiger partial charge >= 0.3 is 0 Å². The first kappa shape index (κ1) is 20.8. The van der Waals surface area contributed by atoms with Crippen molar-refractivity contribution in [2.45, 2.75) is 69.6 Å². The molecule has 3 rings (SSSR count). The number of anilines is 1. The first-order valence-corrected chi connectivity index (χ1v) is 11.7. The lowest BCUT2D eigenvalue weighted by molar-refractivity contribution is -0.858. The van der Waals surface area contributed by atoms with Crippen molar-refractivity contribution >= 4 is 39.1 Å². The van der Waals surface area contributed by atoms with Crippen LogP contribution in [0.3, 0.4) is 0 Å². The van der Waals surface area contributed by atoms with Gasteiger partial charge in [-0.2, -0.15) is 0 Å². The minimum atomic E-state index is -0.0854. The van der Waals surface area contributed by atoms with E-state index >= 15 is 0 Å². The second kappa shape index (κ2) is 8.64. The third kappa shape index (κ3) is 4.94. The molecule has 1 atom stereocenters. The van der Waals surface area contributed by atoms with E-state index < -0.39 is 0 Å². The van der Waals surface area contributed by atoms with Gasteiger partial charge in [-0.15, -0.1) is 11.3 Å². The zero-order valence-electron chi connectivity index (χ0n) is 17.4. The van der Waals surface area contributed by atoms with Crippen molar-refractivity contribution in [1.29, 1.82) is 0 Å². The molecule has 0 unspecified atom stereocenters. The van der Waals surface area contributed by atoms with Crippen LogP contribution in [0.15, 0.2) is 5.16 Å². The van der Waals surface area contributed by atoms with E-state index in [-0.39, 0.29) is 5.60 Å². The SMILES string of the molecule is CC[C@]1(C)Cc2c(sc3nc(SC(C)C)nc(NCCC[NH+](C)C)c23)CO1. The first-order chi connectivity index (χ1) is 12.8. The van der Waals surface area contributed by atoms with Crippen molar-refractivity contribution in [3.8, 4) is 0 Å². The van der Waals surface area contributed by atoms with Crippen molar-refractivity contribution in [1.82, 2.24) is 9.97 Å². The van der Waals surface area contributed by atoms with E-state index in [1.807, 2.05) is 0 Å². The summed E-state index contributed by atoms with van der Waals surface area (Å²) in [6.07, 6.45) is 3.08. The average Bonchev–Trinajstić information content (AvgIpc) is 2.95. The van der Waals surface area contributed by atoms with Gasteiger partial charge in [0.05, 0.1) is 38.2 Å². The van der Waals surface area contributed by atoms with Crippen molar-refractivity contribution in [2.75, 3.05) is 32.5 Å². The fourth-order valence-electron chi connectivity index (χ4n) is 3.32. The third-order valence-corrected chi connectivity index (χ3v) is 7.02. The number of fused-ring (bicyclic) bond motifs is 3. The van der Waals surface area contributed by atoms with E-state index in [9.17, 15) is 0 Å². The molecule has 1 aliphatic rings. The zero-order valence-corrected chi connectivity index (χ0v) is 19.1. The summed E-state index contributed by atoms with van der Waals surface area (Å²) in [5.41, 5.74) is 1.31. The van der Waals surface area contributed by atoms with Crippen LogP contribution in [0, 0.1) is 0 Å². The van der Waals surface area contributed by atoms with Gasteiger partial charge in [0.1, 0.15) is 10.6 Å². The van der Waals surface area contributed by atoms with E-state index in [1.54, 1.807) is 23.1 Å². The summed E-state index contributed by atoms with van der Waals surface area (Å²) in [5, 5.41) is 6.19. The number of rotatable bonds is 8. The number of nitrogens with zero attached hydrogens (tertiary/aromatic N) is 2. The second-order valence-corrected chi connectivity index (χ2v) is 10.8. The quantitative estimate of drug-likeness (QED) is 0.398. The number of thioether (sulfide) groups is 1. The van der Waals surface area contributed by atoms with Gasteiger partial charge in [-0.1, -0.05) is 32.5 Å². The zero-order chi connectivity index (χ0) is 19.6. The summed E-state index contributed by atoms with van der Waals surface area (Å²) >= 11 is 3.51. The smallest absolute Gasteiger partial charge is 0.191 e.